The third-order valence-electron chi connectivity index (χ3n) is 6.54. The number of ether oxygens (including phenoxy) is 2. The number of hydrogen-bond acceptors (Lipinski definition) is 5. The molecule has 1 aromatic rings. The lowest BCUT2D eigenvalue weighted by atomic mass is 10.0. The fourth-order valence-electron chi connectivity index (χ4n) is 4.20. The van der Waals surface area contributed by atoms with Gasteiger partial charge in [0.05, 0.1) is 0 Å². The van der Waals surface area contributed by atoms with E-state index in [1.54, 1.807) is 12.1 Å². The average Bonchev–Trinajstić information content (AvgIpc) is 2.99. The van der Waals surface area contributed by atoms with Crippen molar-refractivity contribution in [2.24, 2.45) is 5.92 Å². The van der Waals surface area contributed by atoms with Crippen LogP contribution in [0, 0.1) is 5.92 Å². The quantitative estimate of drug-likeness (QED) is 0.0559. The number of aromatic carboxylic acids is 1. The first-order chi connectivity index (χ1) is 21.3. The highest BCUT2D eigenvalue weighted by Crippen LogP contribution is 2.19. The molecule has 0 aromatic heterocycles. The van der Waals surface area contributed by atoms with E-state index >= 15 is 0 Å². The zero-order valence-electron chi connectivity index (χ0n) is 27.1. The monoisotopic (exact) mass is 607 g/mol. The molecule has 242 valence electrons. The minimum Gasteiger partial charge on any atom is -0.478 e. The molecule has 0 saturated carbocycles. The van der Waals surface area contributed by atoms with Crippen LogP contribution in [0.25, 0.3) is 0 Å². The molecular weight excluding hydrogens is 554 g/mol. The van der Waals surface area contributed by atoms with Crippen LogP contribution in [0.1, 0.15) is 102 Å². The highest BCUT2D eigenvalue weighted by molar-refractivity contribution is 5.93. The molecule has 0 radical (unpaired) electrons. The van der Waals surface area contributed by atoms with Gasteiger partial charge in [0.15, 0.2) is 0 Å². The molecule has 1 amide bonds. The van der Waals surface area contributed by atoms with Crippen LogP contribution in [-0.4, -0.2) is 41.7 Å². The number of allylic oxidation sites excluding steroid dienone is 10. The summed E-state index contributed by atoms with van der Waals surface area (Å²) < 4.78 is 11.2. The summed E-state index contributed by atoms with van der Waals surface area (Å²) in [6.45, 7) is 8.32. The lowest BCUT2D eigenvalue weighted by Gasteiger charge is -2.23. The van der Waals surface area contributed by atoms with Crippen molar-refractivity contribution >= 4 is 17.8 Å². The Balaban J connectivity index is 2.35. The molecule has 1 rings (SSSR count). The zero-order valence-corrected chi connectivity index (χ0v) is 27.1. The second-order valence-electron chi connectivity index (χ2n) is 10.9. The topological polar surface area (TPSA) is 102 Å². The van der Waals surface area contributed by atoms with Crippen LogP contribution in [0.4, 0.5) is 0 Å². The standard InChI is InChI=1S/C37H53NO6/c1-5-7-8-9-10-11-12-13-14-15-16-17-18-19-20-21-22-25-28-43-33(6-2)35(39)38-32(29-30(3)4)37(42)44-34-27-24-23-26-31(34)36(40)41/h7-8,10-11,13-14,16-17,19-20,23-24,26-27,30,32-33H,5-6,9,12,15,18,21-22,25,28-29H2,1-4H3,(H,38,39)(H,40,41)/b8-7-,11-10-,14-13-,17-16-,20-19-. The molecule has 2 N–H and O–H groups in total. The number of unbranched alkanes of at least 4 members (excludes halogenated alkanes) is 2. The van der Waals surface area contributed by atoms with Gasteiger partial charge in [0.2, 0.25) is 5.91 Å². The largest absolute Gasteiger partial charge is 0.478 e. The second-order valence-corrected chi connectivity index (χ2v) is 10.9. The Morgan fingerprint density at radius 3 is 1.93 bits per heavy atom. The van der Waals surface area contributed by atoms with Crippen molar-refractivity contribution in [3.05, 3.63) is 90.6 Å². The van der Waals surface area contributed by atoms with E-state index < -0.39 is 24.1 Å². The second kappa shape index (κ2) is 24.7. The van der Waals surface area contributed by atoms with E-state index in [2.05, 4.69) is 73.0 Å². The van der Waals surface area contributed by atoms with Crippen molar-refractivity contribution in [1.29, 1.82) is 0 Å². The molecule has 0 aliphatic rings. The van der Waals surface area contributed by atoms with Crippen molar-refractivity contribution in [1.82, 2.24) is 5.32 Å². The zero-order chi connectivity index (χ0) is 32.4. The number of carbonyl (C=O) groups is 3. The minimum atomic E-state index is -1.20. The molecule has 0 heterocycles. The van der Waals surface area contributed by atoms with E-state index in [0.29, 0.717) is 19.4 Å². The number of nitrogens with one attached hydrogen (secondary N) is 1. The lowest BCUT2D eigenvalue weighted by molar-refractivity contribution is -0.143. The average molecular weight is 608 g/mol. The van der Waals surface area contributed by atoms with Crippen LogP contribution in [0.5, 0.6) is 5.75 Å². The molecule has 0 bridgehead atoms. The number of benzene rings is 1. The van der Waals surface area contributed by atoms with Crippen molar-refractivity contribution in [3.8, 4) is 5.75 Å². The molecule has 2 atom stereocenters. The maximum absolute atomic E-state index is 13.0. The summed E-state index contributed by atoms with van der Waals surface area (Å²) >= 11 is 0. The van der Waals surface area contributed by atoms with E-state index in [4.69, 9.17) is 9.47 Å². The van der Waals surface area contributed by atoms with Gasteiger partial charge in [-0.15, -0.1) is 0 Å². The van der Waals surface area contributed by atoms with Gasteiger partial charge in [0.25, 0.3) is 0 Å². The van der Waals surface area contributed by atoms with Gasteiger partial charge in [-0.25, -0.2) is 9.59 Å². The molecule has 0 fully saturated rings. The predicted octanol–water partition coefficient (Wildman–Crippen LogP) is 8.54. The third-order valence-corrected chi connectivity index (χ3v) is 6.54. The van der Waals surface area contributed by atoms with Crippen LogP contribution in [0.3, 0.4) is 0 Å². The first kappa shape index (κ1) is 38.3. The van der Waals surface area contributed by atoms with E-state index in [1.165, 1.54) is 12.1 Å². The molecular formula is C37H53NO6. The Hall–Kier alpha value is -3.71. The molecule has 0 aliphatic heterocycles. The maximum atomic E-state index is 13.0. The van der Waals surface area contributed by atoms with Gasteiger partial charge in [-0.05, 0) is 82.3 Å². The third kappa shape index (κ3) is 18.1. The van der Waals surface area contributed by atoms with Gasteiger partial charge in [-0.3, -0.25) is 4.79 Å². The molecule has 7 nitrogen and oxygen atoms in total. The van der Waals surface area contributed by atoms with E-state index in [0.717, 1.165) is 51.4 Å². The van der Waals surface area contributed by atoms with Gasteiger partial charge in [0.1, 0.15) is 23.5 Å². The molecule has 44 heavy (non-hydrogen) atoms. The summed E-state index contributed by atoms with van der Waals surface area (Å²) in [5, 5.41) is 12.1. The van der Waals surface area contributed by atoms with Crippen molar-refractivity contribution in [2.75, 3.05) is 6.61 Å². The summed E-state index contributed by atoms with van der Waals surface area (Å²) in [4.78, 5) is 37.4. The summed E-state index contributed by atoms with van der Waals surface area (Å²) in [5.74, 6) is -2.23. The van der Waals surface area contributed by atoms with E-state index in [1.807, 2.05) is 20.8 Å². The fraction of sp³-hybridized carbons (Fsp3) is 0.486. The smallest absolute Gasteiger partial charge is 0.339 e. The van der Waals surface area contributed by atoms with Crippen LogP contribution >= 0.6 is 0 Å². The summed E-state index contributed by atoms with van der Waals surface area (Å²) in [5.41, 5.74) is -0.116. The van der Waals surface area contributed by atoms with Crippen molar-refractivity contribution in [3.63, 3.8) is 0 Å². The van der Waals surface area contributed by atoms with Gasteiger partial charge >= 0.3 is 11.9 Å². The van der Waals surface area contributed by atoms with Crippen LogP contribution in [-0.2, 0) is 14.3 Å². The Labute approximate surface area is 264 Å². The van der Waals surface area contributed by atoms with Gasteiger partial charge in [0, 0.05) is 6.61 Å². The van der Waals surface area contributed by atoms with Crippen molar-refractivity contribution < 1.29 is 29.0 Å². The van der Waals surface area contributed by atoms with E-state index in [9.17, 15) is 19.5 Å². The number of carboxylic acid groups (broad SMARTS) is 1. The number of hydrogen-bond donors (Lipinski definition) is 2. The predicted molar refractivity (Wildman–Crippen MR) is 179 cm³/mol. The number of carbonyl (C=O) groups excluding carboxylic acids is 2. The number of amides is 1. The number of carboxylic acids is 1. The highest BCUT2D eigenvalue weighted by atomic mass is 16.5. The van der Waals surface area contributed by atoms with Gasteiger partial charge in [-0.1, -0.05) is 101 Å². The van der Waals surface area contributed by atoms with Gasteiger partial charge in [-0.2, -0.15) is 0 Å². The molecule has 0 spiro atoms. The SMILES string of the molecule is CC/C=C\C/C=C\C/C=C\C/C=C\C/C=C\CCCCOC(CC)C(=O)NC(CC(C)C)C(=O)Oc1ccccc1C(=O)O. The van der Waals surface area contributed by atoms with Crippen LogP contribution in [0.15, 0.2) is 85.0 Å². The molecule has 0 aliphatic carbocycles. The molecule has 1 aromatic carbocycles. The van der Waals surface area contributed by atoms with Crippen LogP contribution < -0.4 is 10.1 Å². The van der Waals surface area contributed by atoms with Crippen LogP contribution in [0.2, 0.25) is 0 Å². The minimum absolute atomic E-state index is 0.0520. The molecule has 7 heteroatoms. The lowest BCUT2D eigenvalue weighted by Crippen LogP contribution is -2.48. The first-order valence-electron chi connectivity index (χ1n) is 16.0. The Kier molecular flexibility index (Phi) is 21.5. The molecule has 0 saturated heterocycles. The number of rotatable bonds is 23. The molecule has 2 unspecified atom stereocenters. The normalized spacial score (nSPS) is 13.6. The number of esters is 1. The summed E-state index contributed by atoms with van der Waals surface area (Å²) in [6.07, 6.45) is 29.6. The Morgan fingerprint density at radius 2 is 1.39 bits per heavy atom. The fourth-order valence-corrected chi connectivity index (χ4v) is 4.20. The Bertz CT molecular complexity index is 1110. The van der Waals surface area contributed by atoms with Crippen molar-refractivity contribution in [2.45, 2.75) is 104 Å². The van der Waals surface area contributed by atoms with E-state index in [-0.39, 0.29) is 23.1 Å². The highest BCUT2D eigenvalue weighted by Gasteiger charge is 2.28. The summed E-state index contributed by atoms with van der Waals surface area (Å²) in [6, 6.07) is 5.02. The van der Waals surface area contributed by atoms with Gasteiger partial charge < -0.3 is 19.9 Å². The summed E-state index contributed by atoms with van der Waals surface area (Å²) in [7, 11) is 0. The maximum Gasteiger partial charge on any atom is 0.339 e. The first-order valence-corrected chi connectivity index (χ1v) is 16.0. The Morgan fingerprint density at radius 1 is 0.818 bits per heavy atom. The number of para-hydroxylation sites is 1.